The van der Waals surface area contributed by atoms with Crippen LogP contribution in [0.3, 0.4) is 0 Å². The third kappa shape index (κ3) is 8.64. The monoisotopic (exact) mass is 683 g/mol. The molecule has 0 radical (unpaired) electrons. The number of amides is 2. The van der Waals surface area contributed by atoms with Crippen LogP contribution < -0.4 is 11.2 Å². The van der Waals surface area contributed by atoms with Crippen molar-refractivity contribution in [3.63, 3.8) is 0 Å². The van der Waals surface area contributed by atoms with Crippen molar-refractivity contribution in [2.24, 2.45) is 44.2 Å². The van der Waals surface area contributed by atoms with Gasteiger partial charge in [0.2, 0.25) is 0 Å². The third-order valence-corrected chi connectivity index (χ3v) is 9.88. The van der Waals surface area contributed by atoms with E-state index in [-0.39, 0.29) is 57.9 Å². The Morgan fingerprint density at radius 1 is 1.19 bits per heavy atom. The van der Waals surface area contributed by atoms with Gasteiger partial charge in [-0.25, -0.2) is 14.3 Å². The molecule has 1 aromatic rings. The second-order valence-corrected chi connectivity index (χ2v) is 15.2. The lowest BCUT2D eigenvalue weighted by atomic mass is 9.75. The van der Waals surface area contributed by atoms with Crippen molar-refractivity contribution >= 4 is 35.0 Å². The minimum absolute atomic E-state index is 0.0208. The average Bonchev–Trinajstić information content (AvgIpc) is 3.14. The zero-order valence-electron chi connectivity index (χ0n) is 28.7. The van der Waals surface area contributed by atoms with Crippen LogP contribution >= 0.6 is 11.6 Å². The minimum atomic E-state index is -3.15. The summed E-state index contributed by atoms with van der Waals surface area (Å²) in [5.74, 6) is 2.07. The molecule has 1 spiro atoms. The molecule has 1 saturated carbocycles. The number of hydrogen-bond acceptors (Lipinski definition) is 6. The number of allylic oxidation sites excluding steroid dienone is 2. The zero-order valence-corrected chi connectivity index (χ0v) is 29.5. The molecule has 4 rings (SSSR count). The highest BCUT2D eigenvalue weighted by atomic mass is 35.5. The molecule has 9 nitrogen and oxygen atoms in total. The summed E-state index contributed by atoms with van der Waals surface area (Å²) in [6.45, 7) is 11.6. The van der Waals surface area contributed by atoms with Crippen LogP contribution in [-0.2, 0) is 15.5 Å². The number of hydrogen-bond donors (Lipinski definition) is 3. The van der Waals surface area contributed by atoms with E-state index in [9.17, 15) is 18.4 Å². The van der Waals surface area contributed by atoms with E-state index in [4.69, 9.17) is 28.0 Å². The number of nitrogens with two attached hydrogens (primary N) is 1. The molecule has 48 heavy (non-hydrogen) atoms. The topological polar surface area (TPSA) is 136 Å². The molecule has 1 aliphatic heterocycles. The van der Waals surface area contributed by atoms with Gasteiger partial charge in [0.25, 0.3) is 17.7 Å². The van der Waals surface area contributed by atoms with E-state index in [1.165, 1.54) is 12.1 Å². The molecule has 1 fully saturated rings. The molecular formula is C36H48ClF2N7O2. The standard InChI is InChI=1S/C36H48ClF2N7O2/c1-22(2)23-12-16-36(17-13-23)43-31(26-18-27(35(6,38)39)20-28(37)19-26)33(48)46(36)29(14-15-34(3,4)5)24-8-7-9-25(11-10-24)32(47)42-21-30(44-40)45-41/h7-11,18-20,22-24,29,40H,12-17,21,41H2,1-6H3,(H,42,47)/b44-40?,45-30-/t23?,24?,29-,36?/m1/s1. The summed E-state index contributed by atoms with van der Waals surface area (Å²) in [5, 5.41) is 9.36. The maximum absolute atomic E-state index is 14.7. The maximum atomic E-state index is 14.7. The van der Waals surface area contributed by atoms with Gasteiger partial charge < -0.3 is 16.1 Å². The third-order valence-electron chi connectivity index (χ3n) is 9.66. The maximum Gasteiger partial charge on any atom is 0.274 e. The number of amidine groups is 1. The van der Waals surface area contributed by atoms with Crippen LogP contribution in [0.1, 0.15) is 91.2 Å². The van der Waals surface area contributed by atoms with Crippen LogP contribution in [0.15, 0.2) is 69.4 Å². The van der Waals surface area contributed by atoms with Crippen LogP contribution in [0, 0.1) is 28.7 Å². The smallest absolute Gasteiger partial charge is 0.274 e. The molecule has 0 aromatic heterocycles. The van der Waals surface area contributed by atoms with Gasteiger partial charge >= 0.3 is 0 Å². The summed E-state index contributed by atoms with van der Waals surface area (Å²) < 4.78 is 29.0. The zero-order chi connectivity index (χ0) is 35.4. The fraction of sp³-hybridized carbons (Fsp3) is 0.556. The van der Waals surface area contributed by atoms with Gasteiger partial charge in [0.1, 0.15) is 11.4 Å². The van der Waals surface area contributed by atoms with Crippen molar-refractivity contribution in [3.8, 4) is 0 Å². The number of nitrogens with one attached hydrogen (secondary N) is 2. The fourth-order valence-corrected chi connectivity index (χ4v) is 7.08. The van der Waals surface area contributed by atoms with Crippen molar-refractivity contribution in [2.75, 3.05) is 6.54 Å². The van der Waals surface area contributed by atoms with Crippen LogP contribution in [0.2, 0.25) is 5.02 Å². The number of benzene rings is 1. The predicted molar refractivity (Wildman–Crippen MR) is 186 cm³/mol. The van der Waals surface area contributed by atoms with Gasteiger partial charge in [-0.15, -0.1) is 5.11 Å². The summed E-state index contributed by atoms with van der Waals surface area (Å²) in [5.41, 5.74) is 6.80. The Hall–Kier alpha value is -3.73. The number of halogens is 3. The van der Waals surface area contributed by atoms with Gasteiger partial charge in [-0.2, -0.15) is 5.10 Å². The van der Waals surface area contributed by atoms with Crippen molar-refractivity contribution in [3.05, 3.63) is 70.3 Å². The first kappa shape index (κ1) is 37.1. The molecule has 12 heteroatoms. The van der Waals surface area contributed by atoms with Crippen LogP contribution in [-0.4, -0.2) is 46.5 Å². The Kier molecular flexibility index (Phi) is 11.4. The highest BCUT2D eigenvalue weighted by Crippen LogP contribution is 2.47. The minimum Gasteiger partial charge on any atom is -0.345 e. The number of carbonyl (C=O) groups is 2. The van der Waals surface area contributed by atoms with Gasteiger partial charge in [0.15, 0.2) is 5.84 Å². The van der Waals surface area contributed by atoms with E-state index in [0.29, 0.717) is 42.2 Å². The molecule has 1 unspecified atom stereocenters. The first-order valence-corrected chi connectivity index (χ1v) is 17.0. The highest BCUT2D eigenvalue weighted by Gasteiger charge is 2.53. The number of nitrogens with zero attached hydrogens (tertiary/aromatic N) is 4. The van der Waals surface area contributed by atoms with E-state index in [2.05, 4.69) is 50.2 Å². The summed E-state index contributed by atoms with van der Waals surface area (Å²) in [6, 6.07) is 3.77. The summed E-state index contributed by atoms with van der Waals surface area (Å²) in [4.78, 5) is 34.8. The van der Waals surface area contributed by atoms with Crippen LogP contribution in [0.4, 0.5) is 8.78 Å². The molecule has 2 aliphatic carbocycles. The molecule has 1 heterocycles. The molecule has 2 atom stereocenters. The molecular weight excluding hydrogens is 636 g/mol. The lowest BCUT2D eigenvalue weighted by Gasteiger charge is -2.47. The number of aliphatic imine (C=N–C) groups is 1. The molecule has 0 bridgehead atoms. The number of hydrazone groups is 1. The summed E-state index contributed by atoms with van der Waals surface area (Å²) in [6.07, 6.45) is 13.7. The van der Waals surface area contributed by atoms with Crippen molar-refractivity contribution in [1.82, 2.24) is 10.2 Å². The first-order chi connectivity index (χ1) is 22.5. The quantitative estimate of drug-likeness (QED) is 0.0760. The Bertz CT molecular complexity index is 1540. The molecule has 4 N–H and O–H groups in total. The molecule has 1 aromatic carbocycles. The van der Waals surface area contributed by atoms with Gasteiger partial charge in [0, 0.05) is 40.6 Å². The second-order valence-electron chi connectivity index (χ2n) is 14.8. The molecule has 0 saturated heterocycles. The second kappa shape index (κ2) is 14.8. The fourth-order valence-electron chi connectivity index (χ4n) is 6.84. The SMILES string of the molecule is CC(C)C1CCC2(CC1)N=C(c1cc(Cl)cc(C(C)(F)F)c1)C(=O)N2[C@H](CCC(C)(C)C)C1C=CC=C(C(=O)NC/C(N=N)=N/N)C=C1. The van der Waals surface area contributed by atoms with Gasteiger partial charge in [-0.1, -0.05) is 70.5 Å². The summed E-state index contributed by atoms with van der Waals surface area (Å²) >= 11 is 6.35. The number of alkyl halides is 2. The van der Waals surface area contributed by atoms with Crippen molar-refractivity contribution in [1.29, 1.82) is 5.53 Å². The molecule has 260 valence electrons. The average molecular weight is 684 g/mol. The number of carbonyl (C=O) groups excluding carboxylic acids is 2. The van der Waals surface area contributed by atoms with Crippen molar-refractivity contribution < 1.29 is 18.4 Å². The Balaban J connectivity index is 1.76. The summed E-state index contributed by atoms with van der Waals surface area (Å²) in [7, 11) is 0. The van der Waals surface area contributed by atoms with E-state index < -0.39 is 11.6 Å². The molecule has 3 aliphatic rings. The van der Waals surface area contributed by atoms with E-state index >= 15 is 0 Å². The largest absolute Gasteiger partial charge is 0.345 e. The van der Waals surface area contributed by atoms with Gasteiger partial charge in [-0.3, -0.25) is 14.6 Å². The van der Waals surface area contributed by atoms with Gasteiger partial charge in [0.05, 0.1) is 6.54 Å². The van der Waals surface area contributed by atoms with Crippen LogP contribution in [0.5, 0.6) is 0 Å². The van der Waals surface area contributed by atoms with E-state index in [0.717, 1.165) is 26.2 Å². The normalized spacial score (nSPS) is 24.1. The Morgan fingerprint density at radius 2 is 1.88 bits per heavy atom. The first-order valence-electron chi connectivity index (χ1n) is 16.6. The predicted octanol–water partition coefficient (Wildman–Crippen LogP) is 7.91. The van der Waals surface area contributed by atoms with Crippen LogP contribution in [0.25, 0.3) is 0 Å². The lowest BCUT2D eigenvalue weighted by Crippen LogP contribution is -2.56. The Labute approximate surface area is 287 Å². The molecule has 2 amide bonds. The Morgan fingerprint density at radius 3 is 2.46 bits per heavy atom. The van der Waals surface area contributed by atoms with Crippen molar-refractivity contribution in [2.45, 2.75) is 97.7 Å². The highest BCUT2D eigenvalue weighted by molar-refractivity contribution is 6.47. The van der Waals surface area contributed by atoms with E-state index in [1.807, 2.05) is 23.1 Å². The van der Waals surface area contributed by atoms with Gasteiger partial charge in [-0.05, 0) is 80.1 Å². The lowest BCUT2D eigenvalue weighted by molar-refractivity contribution is -0.134. The van der Waals surface area contributed by atoms with E-state index in [1.54, 1.807) is 18.2 Å². The number of rotatable bonds is 10.